The average Bonchev–Trinajstić information content (AvgIpc) is 2.28. The van der Waals surface area contributed by atoms with E-state index in [4.69, 9.17) is 4.74 Å². The summed E-state index contributed by atoms with van der Waals surface area (Å²) in [6.45, 7) is 4.14. The number of aliphatic carboxylic acids is 1. The molecule has 0 aromatic heterocycles. The molecule has 0 spiro atoms. The lowest BCUT2D eigenvalue weighted by Crippen LogP contribution is -2.61. The van der Waals surface area contributed by atoms with Crippen molar-refractivity contribution in [2.45, 2.75) is 26.2 Å². The third-order valence-corrected chi connectivity index (χ3v) is 4.58. The highest BCUT2D eigenvalue weighted by Crippen LogP contribution is 2.63. The minimum Gasteiger partial charge on any atom is -0.480 e. The number of rotatable bonds is 2. The second-order valence-corrected chi connectivity index (χ2v) is 5.79. The Bertz CT molecular complexity index is 563. The van der Waals surface area contributed by atoms with E-state index in [1.54, 1.807) is 12.1 Å². The van der Waals surface area contributed by atoms with Crippen LogP contribution in [0.15, 0.2) is 24.3 Å². The molecule has 0 radical (unpaired) electrons. The summed E-state index contributed by atoms with van der Waals surface area (Å²) in [6.07, 6.45) is 0.373. The van der Waals surface area contributed by atoms with Crippen LogP contribution in [0.25, 0.3) is 0 Å². The number of carboxylic acids is 1. The summed E-state index contributed by atoms with van der Waals surface area (Å²) >= 11 is 0. The first-order valence-electron chi connectivity index (χ1n) is 6.53. The Hall–Kier alpha value is -1.84. The number of hydrogen-bond acceptors (Lipinski definition) is 3. The summed E-state index contributed by atoms with van der Waals surface area (Å²) in [4.78, 5) is 23.8. The highest BCUT2D eigenvalue weighted by atomic mass is 16.5. The lowest BCUT2D eigenvalue weighted by atomic mass is 9.48. The summed E-state index contributed by atoms with van der Waals surface area (Å²) in [5, 5.41) is 9.51. The van der Waals surface area contributed by atoms with E-state index in [1.165, 1.54) is 0 Å². The van der Waals surface area contributed by atoms with Gasteiger partial charge < -0.3 is 9.84 Å². The minimum absolute atomic E-state index is 0.213. The van der Waals surface area contributed by atoms with Crippen LogP contribution in [-0.4, -0.2) is 17.0 Å². The van der Waals surface area contributed by atoms with Gasteiger partial charge >= 0.3 is 11.9 Å². The number of carboxylic acid groups (broad SMARTS) is 1. The highest BCUT2D eigenvalue weighted by Gasteiger charge is 2.68. The Labute approximate surface area is 111 Å². The number of benzene rings is 1. The minimum atomic E-state index is -1.37. The average molecular weight is 260 g/mol. The van der Waals surface area contributed by atoms with E-state index in [0.29, 0.717) is 18.1 Å². The van der Waals surface area contributed by atoms with Crippen molar-refractivity contribution in [3.63, 3.8) is 0 Å². The molecular formula is C15H16O4. The van der Waals surface area contributed by atoms with E-state index in [1.807, 2.05) is 12.1 Å². The first-order valence-corrected chi connectivity index (χ1v) is 6.53. The Balaban J connectivity index is 2.15. The van der Waals surface area contributed by atoms with Crippen molar-refractivity contribution in [1.29, 1.82) is 0 Å². The molecule has 1 aromatic rings. The maximum Gasteiger partial charge on any atom is 0.329 e. The molecule has 0 saturated heterocycles. The number of fused-ring (bicyclic) bond motifs is 3. The van der Waals surface area contributed by atoms with E-state index >= 15 is 0 Å². The van der Waals surface area contributed by atoms with Gasteiger partial charge in [0.2, 0.25) is 0 Å². The molecular weight excluding hydrogens is 244 g/mol. The predicted octanol–water partition coefficient (Wildman–Crippen LogP) is 2.44. The fourth-order valence-corrected chi connectivity index (χ4v) is 3.48. The molecule has 2 aliphatic rings. The molecule has 3 rings (SSSR count). The van der Waals surface area contributed by atoms with Crippen LogP contribution in [-0.2, 0) is 9.59 Å². The molecule has 3 atom stereocenters. The molecule has 1 heterocycles. The summed E-state index contributed by atoms with van der Waals surface area (Å²) in [7, 11) is 0. The van der Waals surface area contributed by atoms with Crippen molar-refractivity contribution >= 4 is 11.9 Å². The molecule has 4 heteroatoms. The third kappa shape index (κ3) is 1.40. The molecule has 100 valence electrons. The van der Waals surface area contributed by atoms with Crippen molar-refractivity contribution < 1.29 is 19.4 Å². The lowest BCUT2D eigenvalue weighted by Gasteiger charge is -2.54. The molecule has 1 aliphatic heterocycles. The van der Waals surface area contributed by atoms with Gasteiger partial charge in [-0.2, -0.15) is 0 Å². The van der Waals surface area contributed by atoms with Crippen LogP contribution in [0.1, 0.15) is 31.7 Å². The van der Waals surface area contributed by atoms with E-state index < -0.39 is 17.4 Å². The maximum atomic E-state index is 12.1. The van der Waals surface area contributed by atoms with Crippen molar-refractivity contribution in [3.05, 3.63) is 29.8 Å². The standard InChI is InChI=1S/C15H16O4/c1-8(2)10-7-15(13(16)17)12(10)9-5-3-4-6-11(9)19-14(15)18/h3-6,8,10,12H,7H2,1-2H3,(H,16,17)/t10?,12-,15+/m0/s1. The molecule has 0 amide bonds. The normalized spacial score (nSPS) is 32.1. The zero-order chi connectivity index (χ0) is 13.8. The van der Waals surface area contributed by atoms with Gasteiger partial charge in [0.15, 0.2) is 5.41 Å². The number of hydrogen-bond donors (Lipinski definition) is 1. The number of para-hydroxylation sites is 1. The van der Waals surface area contributed by atoms with Crippen molar-refractivity contribution in [2.75, 3.05) is 0 Å². The summed E-state index contributed by atoms with van der Waals surface area (Å²) in [5.74, 6) is -0.863. The van der Waals surface area contributed by atoms with Gasteiger partial charge in [0.05, 0.1) is 0 Å². The van der Waals surface area contributed by atoms with Crippen LogP contribution >= 0.6 is 0 Å². The van der Waals surface area contributed by atoms with E-state index in [2.05, 4.69) is 13.8 Å². The van der Waals surface area contributed by atoms with Gasteiger partial charge in [-0.05, 0) is 24.3 Å². The van der Waals surface area contributed by atoms with Crippen molar-refractivity contribution in [3.8, 4) is 5.75 Å². The quantitative estimate of drug-likeness (QED) is 0.504. The molecule has 1 N–H and O–H groups in total. The molecule has 0 bridgehead atoms. The Morgan fingerprint density at radius 2 is 2.11 bits per heavy atom. The zero-order valence-corrected chi connectivity index (χ0v) is 10.9. The molecule has 4 nitrogen and oxygen atoms in total. The van der Waals surface area contributed by atoms with Gasteiger partial charge in [0, 0.05) is 11.5 Å². The van der Waals surface area contributed by atoms with E-state index in [9.17, 15) is 14.7 Å². The van der Waals surface area contributed by atoms with Crippen LogP contribution in [0, 0.1) is 17.3 Å². The molecule has 19 heavy (non-hydrogen) atoms. The highest BCUT2D eigenvalue weighted by molar-refractivity contribution is 6.04. The predicted molar refractivity (Wildman–Crippen MR) is 67.8 cm³/mol. The molecule has 1 saturated carbocycles. The second kappa shape index (κ2) is 3.83. The SMILES string of the molecule is CC(C)C1C[C@@]2(C(=O)O)C(=O)Oc3ccccc3[C@@H]12. The largest absolute Gasteiger partial charge is 0.480 e. The molecule has 1 unspecified atom stereocenters. The monoisotopic (exact) mass is 260 g/mol. The zero-order valence-electron chi connectivity index (χ0n) is 10.9. The summed E-state index contributed by atoms with van der Waals surface area (Å²) in [5.41, 5.74) is -0.516. The van der Waals surface area contributed by atoms with E-state index in [-0.39, 0.29) is 11.8 Å². The van der Waals surface area contributed by atoms with Crippen LogP contribution in [0.4, 0.5) is 0 Å². The second-order valence-electron chi connectivity index (χ2n) is 5.79. The van der Waals surface area contributed by atoms with Crippen LogP contribution in [0.2, 0.25) is 0 Å². The third-order valence-electron chi connectivity index (χ3n) is 4.58. The van der Waals surface area contributed by atoms with Crippen LogP contribution < -0.4 is 4.74 Å². The Kier molecular flexibility index (Phi) is 2.46. The van der Waals surface area contributed by atoms with Gasteiger partial charge in [-0.1, -0.05) is 32.0 Å². The number of esters is 1. The number of ether oxygens (including phenoxy) is 1. The first kappa shape index (κ1) is 12.2. The fourth-order valence-electron chi connectivity index (χ4n) is 3.48. The van der Waals surface area contributed by atoms with Gasteiger partial charge in [-0.15, -0.1) is 0 Å². The Morgan fingerprint density at radius 3 is 2.74 bits per heavy atom. The maximum absolute atomic E-state index is 12.1. The Morgan fingerprint density at radius 1 is 1.42 bits per heavy atom. The number of carbonyl (C=O) groups is 2. The lowest BCUT2D eigenvalue weighted by molar-refractivity contribution is -0.182. The summed E-state index contributed by atoms with van der Waals surface area (Å²) in [6, 6.07) is 7.26. The van der Waals surface area contributed by atoms with Gasteiger partial charge in [-0.3, -0.25) is 9.59 Å². The number of carbonyl (C=O) groups excluding carboxylic acids is 1. The van der Waals surface area contributed by atoms with Crippen molar-refractivity contribution in [2.24, 2.45) is 17.3 Å². The van der Waals surface area contributed by atoms with Gasteiger partial charge in [0.1, 0.15) is 5.75 Å². The van der Waals surface area contributed by atoms with Crippen LogP contribution in [0.5, 0.6) is 5.75 Å². The van der Waals surface area contributed by atoms with Crippen LogP contribution in [0.3, 0.4) is 0 Å². The molecule has 1 aliphatic carbocycles. The van der Waals surface area contributed by atoms with Gasteiger partial charge in [0.25, 0.3) is 0 Å². The molecule has 1 fully saturated rings. The topological polar surface area (TPSA) is 63.6 Å². The first-order chi connectivity index (χ1) is 8.98. The summed E-state index contributed by atoms with van der Waals surface area (Å²) < 4.78 is 5.24. The van der Waals surface area contributed by atoms with E-state index in [0.717, 1.165) is 5.56 Å². The smallest absolute Gasteiger partial charge is 0.329 e. The van der Waals surface area contributed by atoms with Gasteiger partial charge in [-0.25, -0.2) is 0 Å². The van der Waals surface area contributed by atoms with Crippen molar-refractivity contribution in [1.82, 2.24) is 0 Å². The fraction of sp³-hybridized carbons (Fsp3) is 0.467. The molecule has 1 aromatic carbocycles.